The van der Waals surface area contributed by atoms with Gasteiger partial charge in [0, 0.05) is 68.3 Å². The van der Waals surface area contributed by atoms with Crippen molar-refractivity contribution in [3.63, 3.8) is 0 Å². The molecule has 4 fully saturated rings. The molecule has 10 heteroatoms. The Kier molecular flexibility index (Phi) is 9.63. The van der Waals surface area contributed by atoms with Gasteiger partial charge >= 0.3 is 6.09 Å². The van der Waals surface area contributed by atoms with E-state index in [0.29, 0.717) is 28.6 Å². The summed E-state index contributed by atoms with van der Waals surface area (Å²) in [5.41, 5.74) is 3.86. The summed E-state index contributed by atoms with van der Waals surface area (Å²) < 4.78 is 5.48. The van der Waals surface area contributed by atoms with E-state index >= 15 is 0 Å². The van der Waals surface area contributed by atoms with Crippen LogP contribution in [0, 0.1) is 10.8 Å². The van der Waals surface area contributed by atoms with Crippen LogP contribution in [0.4, 0.5) is 16.2 Å². The van der Waals surface area contributed by atoms with Gasteiger partial charge in [0.2, 0.25) is 0 Å². The lowest BCUT2D eigenvalue weighted by Gasteiger charge is -2.45. The van der Waals surface area contributed by atoms with Gasteiger partial charge in [-0.1, -0.05) is 0 Å². The van der Waals surface area contributed by atoms with E-state index in [1.165, 1.54) is 32.4 Å². The second-order valence-corrected chi connectivity index (χ2v) is 14.4. The summed E-state index contributed by atoms with van der Waals surface area (Å²) >= 11 is 0. The molecule has 6 rings (SSSR count). The first-order valence-corrected chi connectivity index (χ1v) is 16.3. The highest BCUT2D eigenvalue weighted by Gasteiger charge is 2.50. The molecule has 0 aromatic heterocycles. The monoisotopic (exact) mass is 618 g/mol. The summed E-state index contributed by atoms with van der Waals surface area (Å²) in [5.74, 6) is -0.112. The minimum atomic E-state index is -0.447. The van der Waals surface area contributed by atoms with Crippen LogP contribution in [0.2, 0.25) is 0 Å². The summed E-state index contributed by atoms with van der Waals surface area (Å²) in [6.07, 6.45) is 6.80. The van der Waals surface area contributed by atoms with Crippen LogP contribution in [-0.2, 0) is 4.74 Å². The van der Waals surface area contributed by atoms with Gasteiger partial charge in [0.05, 0.1) is 0 Å². The van der Waals surface area contributed by atoms with Gasteiger partial charge in [0.25, 0.3) is 11.8 Å². The van der Waals surface area contributed by atoms with Crippen molar-refractivity contribution in [3.8, 4) is 0 Å². The van der Waals surface area contributed by atoms with E-state index in [1.54, 1.807) is 14.1 Å². The Morgan fingerprint density at radius 2 is 1.27 bits per heavy atom. The van der Waals surface area contributed by atoms with Gasteiger partial charge in [-0.15, -0.1) is 0 Å². The van der Waals surface area contributed by atoms with Crippen LogP contribution in [-0.4, -0.2) is 80.8 Å². The minimum absolute atomic E-state index is 0.0359. The smallest absolute Gasteiger partial charge is 0.410 e. The van der Waals surface area contributed by atoms with E-state index in [9.17, 15) is 14.4 Å². The molecule has 2 aliphatic heterocycles. The SMILES string of the molecule is CNC(=O)c1ccc(NC2CC3(CCN(C(=O)OC(C)(C)C)C3)C2)cc1.CNC(=O)c1ccc(NC2CC3(CCNC3)C2)cc1. The average Bonchev–Trinajstić information content (AvgIpc) is 3.65. The maximum absolute atomic E-state index is 12.2. The number of nitrogens with zero attached hydrogens (tertiary/aromatic N) is 1. The van der Waals surface area contributed by atoms with Crippen molar-refractivity contribution in [2.24, 2.45) is 10.8 Å². The number of rotatable bonds is 6. The van der Waals surface area contributed by atoms with E-state index < -0.39 is 5.60 Å². The van der Waals surface area contributed by atoms with Crippen molar-refractivity contribution >= 4 is 29.3 Å². The molecule has 4 aliphatic rings. The van der Waals surface area contributed by atoms with E-state index in [2.05, 4.69) is 26.6 Å². The molecule has 0 bridgehead atoms. The molecule has 10 nitrogen and oxygen atoms in total. The van der Waals surface area contributed by atoms with Crippen molar-refractivity contribution in [2.75, 3.05) is 50.9 Å². The second-order valence-electron chi connectivity index (χ2n) is 14.4. The van der Waals surface area contributed by atoms with Crippen LogP contribution in [0.25, 0.3) is 0 Å². The summed E-state index contributed by atoms with van der Waals surface area (Å²) in [6, 6.07) is 16.3. The third-order valence-corrected chi connectivity index (χ3v) is 9.63. The Morgan fingerprint density at radius 1 is 0.778 bits per heavy atom. The summed E-state index contributed by atoms with van der Waals surface area (Å²) in [6.45, 7) is 9.62. The number of carbonyl (C=O) groups is 3. The largest absolute Gasteiger partial charge is 0.444 e. The van der Waals surface area contributed by atoms with Crippen molar-refractivity contribution in [1.29, 1.82) is 0 Å². The molecule has 0 unspecified atom stereocenters. The highest BCUT2D eigenvalue weighted by molar-refractivity contribution is 5.94. The first-order chi connectivity index (χ1) is 21.4. The molecule has 244 valence electrons. The van der Waals surface area contributed by atoms with Crippen LogP contribution >= 0.6 is 0 Å². The Morgan fingerprint density at radius 3 is 1.69 bits per heavy atom. The van der Waals surface area contributed by atoms with Gasteiger partial charge in [0.15, 0.2) is 0 Å². The van der Waals surface area contributed by atoms with E-state index in [1.807, 2.05) is 74.2 Å². The van der Waals surface area contributed by atoms with Crippen LogP contribution < -0.4 is 26.6 Å². The molecule has 2 saturated carbocycles. The maximum atomic E-state index is 12.2. The normalized spacial score (nSPS) is 26.6. The molecule has 2 aliphatic carbocycles. The number of likely N-dealkylation sites (tertiary alicyclic amines) is 1. The topological polar surface area (TPSA) is 124 Å². The lowest BCUT2D eigenvalue weighted by Crippen LogP contribution is -2.47. The lowest BCUT2D eigenvalue weighted by atomic mass is 9.65. The molecule has 2 aromatic carbocycles. The quantitative estimate of drug-likeness (QED) is 0.314. The fourth-order valence-corrected chi connectivity index (χ4v) is 7.27. The molecule has 0 radical (unpaired) electrons. The lowest BCUT2D eigenvalue weighted by molar-refractivity contribution is 0.0237. The zero-order valence-electron chi connectivity index (χ0n) is 27.4. The Hall–Kier alpha value is -3.79. The zero-order valence-corrected chi connectivity index (χ0v) is 27.4. The standard InChI is InChI=1S/C20H29N3O3.C15H21N3O/c1-19(2,3)26-18(25)23-10-9-20(13-23)11-16(12-20)22-15-7-5-14(6-8-15)17(24)21-4;1-16-14(19)11-2-4-12(5-3-11)18-13-8-15(9-13)6-7-17-10-15/h5-8,16,22H,9-13H2,1-4H3,(H,21,24);2-5,13,17-18H,6-10H2,1H3,(H,16,19). The van der Waals surface area contributed by atoms with Gasteiger partial charge in [-0.2, -0.15) is 0 Å². The van der Waals surface area contributed by atoms with Crippen molar-refractivity contribution in [1.82, 2.24) is 20.9 Å². The highest BCUT2D eigenvalue weighted by atomic mass is 16.6. The number of hydrogen-bond acceptors (Lipinski definition) is 7. The number of hydrogen-bond donors (Lipinski definition) is 5. The highest BCUT2D eigenvalue weighted by Crippen LogP contribution is 2.49. The molecule has 2 saturated heterocycles. The zero-order chi connectivity index (χ0) is 32.2. The molecule has 2 aromatic rings. The fourth-order valence-electron chi connectivity index (χ4n) is 7.27. The predicted octanol–water partition coefficient (Wildman–Crippen LogP) is 4.85. The summed E-state index contributed by atoms with van der Waals surface area (Å²) in [5, 5.41) is 15.8. The third-order valence-electron chi connectivity index (χ3n) is 9.63. The van der Waals surface area contributed by atoms with Gasteiger partial charge in [0.1, 0.15) is 5.60 Å². The average molecular weight is 619 g/mol. The molecule has 3 amide bonds. The number of amides is 3. The van der Waals surface area contributed by atoms with Crippen LogP contribution in [0.15, 0.2) is 48.5 Å². The molecule has 5 N–H and O–H groups in total. The third kappa shape index (κ3) is 8.09. The number of carbonyl (C=O) groups excluding carboxylic acids is 3. The Bertz CT molecular complexity index is 1330. The van der Waals surface area contributed by atoms with Gasteiger partial charge in [-0.25, -0.2) is 4.79 Å². The second kappa shape index (κ2) is 13.3. The number of benzene rings is 2. The maximum Gasteiger partial charge on any atom is 0.410 e. The van der Waals surface area contributed by atoms with Crippen molar-refractivity contribution in [3.05, 3.63) is 59.7 Å². The Balaban J connectivity index is 0.000000186. The Labute approximate surface area is 267 Å². The fraction of sp³-hybridized carbons (Fsp3) is 0.571. The number of ether oxygens (including phenoxy) is 1. The van der Waals surface area contributed by atoms with Crippen molar-refractivity contribution < 1.29 is 19.1 Å². The molecule has 2 heterocycles. The predicted molar refractivity (Wildman–Crippen MR) is 178 cm³/mol. The van der Waals surface area contributed by atoms with Crippen LogP contribution in [0.3, 0.4) is 0 Å². The van der Waals surface area contributed by atoms with Crippen molar-refractivity contribution in [2.45, 2.75) is 77.0 Å². The number of anilines is 2. The summed E-state index contributed by atoms with van der Waals surface area (Å²) in [7, 11) is 3.28. The minimum Gasteiger partial charge on any atom is -0.444 e. The van der Waals surface area contributed by atoms with Crippen LogP contribution in [0.5, 0.6) is 0 Å². The van der Waals surface area contributed by atoms with Gasteiger partial charge in [-0.3, -0.25) is 9.59 Å². The van der Waals surface area contributed by atoms with E-state index in [0.717, 1.165) is 43.7 Å². The summed E-state index contributed by atoms with van der Waals surface area (Å²) in [4.78, 5) is 37.1. The molecule has 45 heavy (non-hydrogen) atoms. The molecule has 2 spiro atoms. The molecule has 0 atom stereocenters. The van der Waals surface area contributed by atoms with Crippen LogP contribution in [0.1, 0.15) is 80.0 Å². The molecular weight excluding hydrogens is 568 g/mol. The van der Waals surface area contributed by atoms with Gasteiger partial charge in [-0.05, 0) is 125 Å². The number of nitrogens with one attached hydrogen (secondary N) is 5. The van der Waals surface area contributed by atoms with Gasteiger partial charge < -0.3 is 36.2 Å². The molecular formula is C35H50N6O4. The first kappa shape index (κ1) is 32.6. The van der Waals surface area contributed by atoms with E-state index in [4.69, 9.17) is 4.74 Å². The first-order valence-electron chi connectivity index (χ1n) is 16.3. The van der Waals surface area contributed by atoms with E-state index in [-0.39, 0.29) is 23.3 Å².